The Labute approximate surface area is 123 Å². The molecule has 0 fully saturated rings. The van der Waals surface area contributed by atoms with Gasteiger partial charge in [0.25, 0.3) is 0 Å². The molecule has 7 heteroatoms. The predicted octanol–water partition coefficient (Wildman–Crippen LogP) is 0.384. The molecule has 0 saturated heterocycles. The molecule has 1 aliphatic heterocycles. The summed E-state index contributed by atoms with van der Waals surface area (Å²) in [6, 6.07) is 0.175. The molecule has 1 aliphatic rings. The predicted molar refractivity (Wildman–Crippen MR) is 76.5 cm³/mol. The fraction of sp³-hybridized carbons (Fsp3) is 0.571. The summed E-state index contributed by atoms with van der Waals surface area (Å²) in [5.74, 6) is 2.03. The van der Waals surface area contributed by atoms with E-state index in [0.29, 0.717) is 6.42 Å². The zero-order chi connectivity index (χ0) is 14.8. The largest absolute Gasteiger partial charge is 0.352 e. The van der Waals surface area contributed by atoms with Crippen molar-refractivity contribution in [1.82, 2.24) is 29.9 Å². The molecule has 2 aromatic heterocycles. The lowest BCUT2D eigenvalue weighted by Crippen LogP contribution is -2.41. The SMILES string of the molecule is Cc1nnc2n1CC(NC(=O)CCc1cnn(C)c1)CC2. The molecule has 1 atom stereocenters. The highest BCUT2D eigenvalue weighted by Gasteiger charge is 2.22. The molecule has 0 aromatic carbocycles. The number of aromatic nitrogens is 5. The Morgan fingerprint density at radius 3 is 3.10 bits per heavy atom. The number of amides is 1. The van der Waals surface area contributed by atoms with E-state index in [2.05, 4.69) is 25.2 Å². The van der Waals surface area contributed by atoms with Crippen LogP contribution in [0.15, 0.2) is 12.4 Å². The van der Waals surface area contributed by atoms with Crippen LogP contribution in [0.4, 0.5) is 0 Å². The summed E-state index contributed by atoms with van der Waals surface area (Å²) in [5, 5.41) is 15.4. The van der Waals surface area contributed by atoms with Crippen LogP contribution in [0.1, 0.15) is 30.1 Å². The van der Waals surface area contributed by atoms with E-state index in [4.69, 9.17) is 0 Å². The maximum Gasteiger partial charge on any atom is 0.220 e. The fourth-order valence-electron chi connectivity index (χ4n) is 2.74. The van der Waals surface area contributed by atoms with Crippen molar-refractivity contribution in [2.45, 2.75) is 45.2 Å². The molecule has 0 spiro atoms. The minimum absolute atomic E-state index is 0.0954. The van der Waals surface area contributed by atoms with Crippen LogP contribution in [0.25, 0.3) is 0 Å². The molecule has 2 aromatic rings. The number of hydrogen-bond acceptors (Lipinski definition) is 4. The molecule has 3 heterocycles. The van der Waals surface area contributed by atoms with Crippen molar-refractivity contribution in [1.29, 1.82) is 0 Å². The first-order valence-electron chi connectivity index (χ1n) is 7.27. The summed E-state index contributed by atoms with van der Waals surface area (Å²) >= 11 is 0. The second-order valence-corrected chi connectivity index (χ2v) is 5.60. The van der Waals surface area contributed by atoms with Gasteiger partial charge in [0.15, 0.2) is 0 Å². The number of nitrogens with zero attached hydrogens (tertiary/aromatic N) is 5. The van der Waals surface area contributed by atoms with E-state index in [9.17, 15) is 4.79 Å². The lowest BCUT2D eigenvalue weighted by Gasteiger charge is -2.24. The molecule has 0 saturated carbocycles. The third kappa shape index (κ3) is 3.12. The Kier molecular flexibility index (Phi) is 3.72. The van der Waals surface area contributed by atoms with Gasteiger partial charge in [-0.1, -0.05) is 0 Å². The summed E-state index contributed by atoms with van der Waals surface area (Å²) < 4.78 is 3.85. The van der Waals surface area contributed by atoms with Crippen LogP contribution >= 0.6 is 0 Å². The molecular weight excluding hydrogens is 268 g/mol. The summed E-state index contributed by atoms with van der Waals surface area (Å²) in [5.41, 5.74) is 1.09. The lowest BCUT2D eigenvalue weighted by atomic mass is 10.1. The average Bonchev–Trinajstić information content (AvgIpc) is 3.04. The second kappa shape index (κ2) is 5.67. The first kappa shape index (κ1) is 13.8. The van der Waals surface area contributed by atoms with Crippen molar-refractivity contribution in [3.05, 3.63) is 29.6 Å². The summed E-state index contributed by atoms with van der Waals surface area (Å²) in [6.45, 7) is 2.72. The van der Waals surface area contributed by atoms with Crippen molar-refractivity contribution < 1.29 is 4.79 Å². The Hall–Kier alpha value is -2.18. The van der Waals surface area contributed by atoms with Gasteiger partial charge in [-0.3, -0.25) is 9.48 Å². The molecule has 3 rings (SSSR count). The molecule has 0 bridgehead atoms. The normalized spacial score (nSPS) is 17.5. The van der Waals surface area contributed by atoms with Crippen molar-refractivity contribution in [2.24, 2.45) is 7.05 Å². The number of aryl methyl sites for hydroxylation is 4. The third-order valence-corrected chi connectivity index (χ3v) is 3.90. The third-order valence-electron chi connectivity index (χ3n) is 3.90. The highest BCUT2D eigenvalue weighted by Crippen LogP contribution is 2.14. The highest BCUT2D eigenvalue weighted by atomic mass is 16.1. The second-order valence-electron chi connectivity index (χ2n) is 5.60. The number of fused-ring (bicyclic) bond motifs is 1. The molecular formula is C14H20N6O. The first-order chi connectivity index (χ1) is 10.1. The van der Waals surface area contributed by atoms with Crippen LogP contribution in [-0.2, 0) is 31.2 Å². The molecule has 0 aliphatic carbocycles. The maximum absolute atomic E-state index is 12.0. The van der Waals surface area contributed by atoms with Crippen LogP contribution in [0.5, 0.6) is 0 Å². The van der Waals surface area contributed by atoms with Crippen molar-refractivity contribution in [2.75, 3.05) is 0 Å². The zero-order valence-corrected chi connectivity index (χ0v) is 12.4. The number of rotatable bonds is 4. The van der Waals surface area contributed by atoms with Gasteiger partial charge in [-0.15, -0.1) is 10.2 Å². The number of hydrogen-bond donors (Lipinski definition) is 1. The van der Waals surface area contributed by atoms with Gasteiger partial charge in [-0.05, 0) is 25.3 Å². The monoisotopic (exact) mass is 288 g/mol. The summed E-state index contributed by atoms with van der Waals surface area (Å²) in [4.78, 5) is 12.0. The van der Waals surface area contributed by atoms with Crippen LogP contribution in [0.3, 0.4) is 0 Å². The first-order valence-corrected chi connectivity index (χ1v) is 7.27. The van der Waals surface area contributed by atoms with Gasteiger partial charge in [0.05, 0.1) is 6.20 Å². The molecule has 7 nitrogen and oxygen atoms in total. The van der Waals surface area contributed by atoms with E-state index in [1.807, 2.05) is 20.2 Å². The Morgan fingerprint density at radius 1 is 1.48 bits per heavy atom. The molecule has 0 radical (unpaired) electrons. The Bertz CT molecular complexity index is 644. The highest BCUT2D eigenvalue weighted by molar-refractivity contribution is 5.76. The molecule has 1 amide bonds. The molecule has 1 unspecified atom stereocenters. The van der Waals surface area contributed by atoms with Gasteiger partial charge in [-0.2, -0.15) is 5.10 Å². The number of nitrogens with one attached hydrogen (secondary N) is 1. The van der Waals surface area contributed by atoms with E-state index < -0.39 is 0 Å². The zero-order valence-electron chi connectivity index (χ0n) is 12.4. The maximum atomic E-state index is 12.0. The van der Waals surface area contributed by atoms with Crippen molar-refractivity contribution >= 4 is 5.91 Å². The standard InChI is InChI=1S/C14H20N6O/c1-10-17-18-13-5-4-12(9-20(10)13)16-14(21)6-3-11-7-15-19(2)8-11/h7-8,12H,3-6,9H2,1-2H3,(H,16,21). The van der Waals surface area contributed by atoms with E-state index in [0.717, 1.165) is 43.0 Å². The van der Waals surface area contributed by atoms with Crippen molar-refractivity contribution in [3.63, 3.8) is 0 Å². The van der Waals surface area contributed by atoms with Crippen molar-refractivity contribution in [3.8, 4) is 0 Å². The summed E-state index contributed by atoms with van der Waals surface area (Å²) in [7, 11) is 1.88. The fourth-order valence-corrected chi connectivity index (χ4v) is 2.74. The van der Waals surface area contributed by atoms with E-state index in [1.54, 1.807) is 10.9 Å². The smallest absolute Gasteiger partial charge is 0.220 e. The van der Waals surface area contributed by atoms with Gasteiger partial charge in [0.1, 0.15) is 11.6 Å². The van der Waals surface area contributed by atoms with Gasteiger partial charge in [0, 0.05) is 38.7 Å². The topological polar surface area (TPSA) is 77.6 Å². The molecule has 21 heavy (non-hydrogen) atoms. The van der Waals surface area contributed by atoms with Crippen LogP contribution < -0.4 is 5.32 Å². The average molecular weight is 288 g/mol. The van der Waals surface area contributed by atoms with Crippen LogP contribution in [0.2, 0.25) is 0 Å². The minimum Gasteiger partial charge on any atom is -0.352 e. The van der Waals surface area contributed by atoms with Gasteiger partial charge < -0.3 is 9.88 Å². The number of carbonyl (C=O) groups is 1. The van der Waals surface area contributed by atoms with E-state index in [1.165, 1.54) is 0 Å². The van der Waals surface area contributed by atoms with Crippen LogP contribution in [-0.4, -0.2) is 36.5 Å². The van der Waals surface area contributed by atoms with E-state index in [-0.39, 0.29) is 11.9 Å². The molecule has 1 N–H and O–H groups in total. The van der Waals surface area contributed by atoms with Gasteiger partial charge in [-0.25, -0.2) is 0 Å². The molecule has 112 valence electrons. The summed E-state index contributed by atoms with van der Waals surface area (Å²) in [6.07, 6.45) is 6.77. The van der Waals surface area contributed by atoms with Gasteiger partial charge >= 0.3 is 0 Å². The minimum atomic E-state index is 0.0954. The van der Waals surface area contributed by atoms with E-state index >= 15 is 0 Å². The lowest BCUT2D eigenvalue weighted by molar-refractivity contribution is -0.122. The Balaban J connectivity index is 1.50. The number of carbonyl (C=O) groups excluding carboxylic acids is 1. The van der Waals surface area contributed by atoms with Crippen LogP contribution in [0, 0.1) is 6.92 Å². The Morgan fingerprint density at radius 2 is 2.33 bits per heavy atom. The quantitative estimate of drug-likeness (QED) is 0.882. The van der Waals surface area contributed by atoms with Gasteiger partial charge in [0.2, 0.25) is 5.91 Å².